The van der Waals surface area contributed by atoms with Gasteiger partial charge in [-0.15, -0.1) is 0 Å². The third-order valence-electron chi connectivity index (χ3n) is 5.36. The molecule has 0 unspecified atom stereocenters. The monoisotopic (exact) mass is 680 g/mol. The lowest BCUT2D eigenvalue weighted by molar-refractivity contribution is 0.100. The maximum Gasteiger partial charge on any atom is 0.299 e. The summed E-state index contributed by atoms with van der Waals surface area (Å²) in [6.07, 6.45) is -0.564. The van der Waals surface area contributed by atoms with Crippen LogP contribution in [-0.4, -0.2) is 33.6 Å². The van der Waals surface area contributed by atoms with E-state index in [4.69, 9.17) is 10.5 Å². The molecule has 1 amide bonds. The van der Waals surface area contributed by atoms with Gasteiger partial charge in [-0.2, -0.15) is 13.1 Å². The average molecular weight is 680 g/mol. The highest BCUT2D eigenvalue weighted by atomic mass is 127. The molecule has 39 heavy (non-hydrogen) atoms. The number of hydrogen-bond donors (Lipinski definition) is 4. The van der Waals surface area contributed by atoms with Crippen LogP contribution in [0.4, 0.5) is 34.6 Å². The molecule has 14 heteroatoms. The number of ether oxygens (including phenoxy) is 1. The summed E-state index contributed by atoms with van der Waals surface area (Å²) in [5.41, 5.74) is 1.87. The second-order valence-corrected chi connectivity index (χ2v) is 11.8. The van der Waals surface area contributed by atoms with Crippen LogP contribution < -0.4 is 20.5 Å². The molecule has 0 fully saturated rings. The number of halogens is 5. The summed E-state index contributed by atoms with van der Waals surface area (Å²) < 4.78 is 94.7. The number of benzene rings is 3. The summed E-state index contributed by atoms with van der Waals surface area (Å²) in [6.45, 7) is 3.15. The van der Waals surface area contributed by atoms with Gasteiger partial charge in [-0.25, -0.2) is 17.6 Å². The second-order valence-electron chi connectivity index (χ2n) is 9.18. The summed E-state index contributed by atoms with van der Waals surface area (Å²) in [6, 6.07) is 8.57. The number of rotatable bonds is 11. The number of methoxy groups -OCH3 is 1. The van der Waals surface area contributed by atoms with Crippen LogP contribution in [0.3, 0.4) is 0 Å². The number of nitrogens with one attached hydrogen (secondary N) is 3. The summed E-state index contributed by atoms with van der Waals surface area (Å²) in [5.74, 6) is -5.92. The summed E-state index contributed by atoms with van der Waals surface area (Å²) in [5, 5.41) is 2.36. The highest BCUT2D eigenvalue weighted by molar-refractivity contribution is 14.1. The Hall–Kier alpha value is -2.95. The van der Waals surface area contributed by atoms with Gasteiger partial charge in [-0.05, 0) is 77.9 Å². The molecule has 0 atom stereocenters. The van der Waals surface area contributed by atoms with Crippen molar-refractivity contribution < 1.29 is 35.5 Å². The summed E-state index contributed by atoms with van der Waals surface area (Å²) in [7, 11) is -2.87. The van der Waals surface area contributed by atoms with E-state index < -0.39 is 73.8 Å². The number of anilines is 3. The van der Waals surface area contributed by atoms with E-state index in [1.807, 2.05) is 22.6 Å². The van der Waals surface area contributed by atoms with Gasteiger partial charge >= 0.3 is 0 Å². The summed E-state index contributed by atoms with van der Waals surface area (Å²) in [4.78, 5) is 12.1. The molecule has 0 aliphatic heterocycles. The number of amides is 1. The molecule has 0 bridgehead atoms. The van der Waals surface area contributed by atoms with Crippen LogP contribution in [-0.2, 0) is 21.4 Å². The molecule has 0 saturated carbocycles. The first-order chi connectivity index (χ1) is 18.1. The SMILES string of the molecule is COCC(C)(C)NS(=O)(=O)Nc1cccc(Cc2cc(C(N)=O)c(Nc3ccc(I)cc3F)c(F)c2F)c1F. The van der Waals surface area contributed by atoms with Crippen LogP contribution in [0.5, 0.6) is 0 Å². The average Bonchev–Trinajstić information content (AvgIpc) is 2.81. The van der Waals surface area contributed by atoms with Gasteiger partial charge in [0.15, 0.2) is 17.5 Å². The molecule has 0 aromatic heterocycles. The normalized spacial score (nSPS) is 11.9. The Morgan fingerprint density at radius 3 is 2.31 bits per heavy atom. The van der Waals surface area contributed by atoms with Crippen LogP contribution in [0, 0.1) is 26.8 Å². The molecule has 5 N–H and O–H groups in total. The Bertz CT molecular complexity index is 1520. The highest BCUT2D eigenvalue weighted by Crippen LogP contribution is 2.32. The van der Waals surface area contributed by atoms with Crippen molar-refractivity contribution in [3.8, 4) is 0 Å². The maximum absolute atomic E-state index is 15.3. The molecular formula is C25H25F4IN4O4S. The van der Waals surface area contributed by atoms with E-state index in [1.54, 1.807) is 13.8 Å². The zero-order valence-corrected chi connectivity index (χ0v) is 23.9. The van der Waals surface area contributed by atoms with E-state index in [1.165, 1.54) is 31.4 Å². The van der Waals surface area contributed by atoms with Gasteiger partial charge in [0.25, 0.3) is 16.1 Å². The van der Waals surface area contributed by atoms with Crippen molar-refractivity contribution in [2.24, 2.45) is 5.73 Å². The Morgan fingerprint density at radius 2 is 1.69 bits per heavy atom. The minimum absolute atomic E-state index is 0.0323. The fourth-order valence-corrected chi connectivity index (χ4v) is 5.51. The minimum atomic E-state index is -4.26. The van der Waals surface area contributed by atoms with Gasteiger partial charge in [-0.1, -0.05) is 12.1 Å². The summed E-state index contributed by atoms with van der Waals surface area (Å²) >= 11 is 1.86. The molecule has 210 valence electrons. The van der Waals surface area contributed by atoms with Crippen molar-refractivity contribution in [2.75, 3.05) is 23.8 Å². The third kappa shape index (κ3) is 7.58. The molecule has 0 heterocycles. The quantitative estimate of drug-likeness (QED) is 0.169. The number of hydrogen-bond acceptors (Lipinski definition) is 5. The van der Waals surface area contributed by atoms with E-state index in [-0.39, 0.29) is 17.9 Å². The topological polar surface area (TPSA) is 123 Å². The molecule has 0 aliphatic carbocycles. The van der Waals surface area contributed by atoms with Gasteiger partial charge in [-0.3, -0.25) is 9.52 Å². The van der Waals surface area contributed by atoms with Crippen LogP contribution in [0.2, 0.25) is 0 Å². The standard InChI is InChI=1S/C25H25F4IN4O4S/c1-25(2,12-38-3)34-39(36,37)33-19-6-4-5-13(20(19)27)9-14-10-16(24(31)35)23(22(29)21(14)28)32-18-8-7-15(30)11-17(18)26/h4-8,10-11,32-34H,9,12H2,1-3H3,(H2,31,35). The van der Waals surface area contributed by atoms with Crippen molar-refractivity contribution in [2.45, 2.75) is 25.8 Å². The minimum Gasteiger partial charge on any atom is -0.383 e. The number of primary amides is 1. The molecule has 8 nitrogen and oxygen atoms in total. The lowest BCUT2D eigenvalue weighted by atomic mass is 9.99. The molecule has 3 aromatic carbocycles. The van der Waals surface area contributed by atoms with Crippen molar-refractivity contribution >= 4 is 55.8 Å². The molecular weight excluding hydrogens is 655 g/mol. The predicted octanol–water partition coefficient (Wildman–Crippen LogP) is 4.95. The van der Waals surface area contributed by atoms with Crippen molar-refractivity contribution in [1.82, 2.24) is 4.72 Å². The molecule has 0 radical (unpaired) electrons. The zero-order valence-electron chi connectivity index (χ0n) is 21.0. The highest BCUT2D eigenvalue weighted by Gasteiger charge is 2.27. The third-order valence-corrected chi connectivity index (χ3v) is 7.34. The predicted molar refractivity (Wildman–Crippen MR) is 148 cm³/mol. The van der Waals surface area contributed by atoms with Gasteiger partial charge in [0.1, 0.15) is 5.82 Å². The molecule has 0 aliphatic rings. The number of carbonyl (C=O) groups is 1. The van der Waals surface area contributed by atoms with Gasteiger partial charge in [0.2, 0.25) is 0 Å². The Labute approximate surface area is 236 Å². The van der Waals surface area contributed by atoms with Crippen molar-refractivity contribution in [3.05, 3.63) is 86.0 Å². The molecule has 0 saturated heterocycles. The smallest absolute Gasteiger partial charge is 0.299 e. The van der Waals surface area contributed by atoms with Gasteiger partial charge < -0.3 is 15.8 Å². The number of carbonyl (C=O) groups excluding carboxylic acids is 1. The molecule has 0 spiro atoms. The van der Waals surface area contributed by atoms with E-state index in [0.717, 1.165) is 18.2 Å². The zero-order chi connectivity index (χ0) is 29.1. The van der Waals surface area contributed by atoms with Crippen molar-refractivity contribution in [1.29, 1.82) is 0 Å². The molecule has 3 rings (SSSR count). The Balaban J connectivity index is 1.96. The maximum atomic E-state index is 15.3. The second kappa shape index (κ2) is 12.1. The van der Waals surface area contributed by atoms with Gasteiger partial charge in [0, 0.05) is 17.1 Å². The van der Waals surface area contributed by atoms with Gasteiger partial charge in [0.05, 0.1) is 34.8 Å². The molecule has 3 aromatic rings. The lowest BCUT2D eigenvalue weighted by Gasteiger charge is -2.25. The van der Waals surface area contributed by atoms with Crippen molar-refractivity contribution in [3.63, 3.8) is 0 Å². The lowest BCUT2D eigenvalue weighted by Crippen LogP contribution is -2.48. The van der Waals surface area contributed by atoms with E-state index in [0.29, 0.717) is 3.57 Å². The number of nitrogens with two attached hydrogens (primary N) is 1. The van der Waals surface area contributed by atoms with E-state index in [2.05, 4.69) is 14.8 Å². The van der Waals surface area contributed by atoms with Crippen LogP contribution in [0.25, 0.3) is 0 Å². The van der Waals surface area contributed by atoms with Crippen LogP contribution in [0.15, 0.2) is 42.5 Å². The Morgan fingerprint density at radius 1 is 1.00 bits per heavy atom. The Kier molecular flexibility index (Phi) is 9.46. The fraction of sp³-hybridized carbons (Fsp3) is 0.240. The van der Waals surface area contributed by atoms with Crippen LogP contribution in [0.1, 0.15) is 35.3 Å². The first kappa shape index (κ1) is 30.6. The largest absolute Gasteiger partial charge is 0.383 e. The first-order valence-corrected chi connectivity index (χ1v) is 13.8. The first-order valence-electron chi connectivity index (χ1n) is 11.2. The van der Waals surface area contributed by atoms with E-state index in [9.17, 15) is 17.6 Å². The fourth-order valence-electron chi connectivity index (χ4n) is 3.77. The van der Waals surface area contributed by atoms with E-state index >= 15 is 13.2 Å². The van der Waals surface area contributed by atoms with Crippen LogP contribution >= 0.6 is 22.6 Å².